The molecule has 2 aromatic rings. The van der Waals surface area contributed by atoms with E-state index in [1.165, 1.54) is 19.2 Å². The van der Waals surface area contributed by atoms with Crippen LogP contribution in [0.5, 0.6) is 0 Å². The number of carbonyl (C=O) groups excluding carboxylic acids is 1. The third-order valence-corrected chi connectivity index (χ3v) is 4.12. The van der Waals surface area contributed by atoms with Gasteiger partial charge in [0.25, 0.3) is 9.05 Å². The molecule has 0 amide bonds. The summed E-state index contributed by atoms with van der Waals surface area (Å²) in [6.45, 7) is 0. The monoisotopic (exact) mass is 310 g/mol. The van der Waals surface area contributed by atoms with Crippen LogP contribution in [0.25, 0.3) is 11.1 Å². The van der Waals surface area contributed by atoms with Crippen LogP contribution in [0.15, 0.2) is 53.4 Å². The zero-order valence-corrected chi connectivity index (χ0v) is 12.1. The second-order valence-electron chi connectivity index (χ2n) is 4.01. The molecule has 0 radical (unpaired) electrons. The zero-order chi connectivity index (χ0) is 14.8. The van der Waals surface area contributed by atoms with Crippen molar-refractivity contribution in [3.05, 3.63) is 54.1 Å². The van der Waals surface area contributed by atoms with Crippen LogP contribution in [0.2, 0.25) is 0 Å². The van der Waals surface area contributed by atoms with E-state index in [4.69, 9.17) is 10.7 Å². The Kier molecular flexibility index (Phi) is 4.11. The van der Waals surface area contributed by atoms with Gasteiger partial charge in [-0.15, -0.1) is 0 Å². The van der Waals surface area contributed by atoms with Gasteiger partial charge in [-0.05, 0) is 23.3 Å². The lowest BCUT2D eigenvalue weighted by molar-refractivity contribution is 0.0596. The van der Waals surface area contributed by atoms with Gasteiger partial charge in [-0.1, -0.05) is 36.4 Å². The van der Waals surface area contributed by atoms with Crippen molar-refractivity contribution in [1.29, 1.82) is 0 Å². The molecule has 4 nitrogen and oxygen atoms in total. The smallest absolute Gasteiger partial charge is 0.339 e. The fourth-order valence-electron chi connectivity index (χ4n) is 1.81. The molecule has 2 aromatic carbocycles. The molecule has 0 atom stereocenters. The number of ether oxygens (including phenoxy) is 1. The van der Waals surface area contributed by atoms with Gasteiger partial charge < -0.3 is 4.74 Å². The van der Waals surface area contributed by atoms with Crippen molar-refractivity contribution in [1.82, 2.24) is 0 Å². The molecule has 0 aromatic heterocycles. The number of methoxy groups -OCH3 is 1. The first-order chi connectivity index (χ1) is 9.43. The molecule has 0 heterocycles. The molecule has 6 heteroatoms. The van der Waals surface area contributed by atoms with Gasteiger partial charge in [-0.3, -0.25) is 0 Å². The Balaban J connectivity index is 2.64. The van der Waals surface area contributed by atoms with Crippen molar-refractivity contribution >= 4 is 25.7 Å². The summed E-state index contributed by atoms with van der Waals surface area (Å²) in [5.74, 6) is -0.746. The van der Waals surface area contributed by atoms with Crippen LogP contribution < -0.4 is 0 Å². The number of hydrogen-bond acceptors (Lipinski definition) is 4. The maximum Gasteiger partial charge on any atom is 0.339 e. The van der Waals surface area contributed by atoms with E-state index in [1.54, 1.807) is 6.07 Å². The summed E-state index contributed by atoms with van der Waals surface area (Å²) in [6.07, 6.45) is 0. The first-order valence-corrected chi connectivity index (χ1v) is 7.97. The predicted molar refractivity (Wildman–Crippen MR) is 76.3 cm³/mol. The van der Waals surface area contributed by atoms with Crippen LogP contribution in [0.1, 0.15) is 10.4 Å². The van der Waals surface area contributed by atoms with Crippen molar-refractivity contribution in [3.63, 3.8) is 0 Å². The van der Waals surface area contributed by atoms with Gasteiger partial charge in [0.05, 0.1) is 17.6 Å². The Morgan fingerprint density at radius 3 is 2.25 bits per heavy atom. The summed E-state index contributed by atoms with van der Waals surface area (Å²) in [4.78, 5) is 11.3. The highest BCUT2D eigenvalue weighted by Crippen LogP contribution is 2.27. The average molecular weight is 311 g/mol. The Bertz CT molecular complexity index is 739. The molecule has 0 aliphatic carbocycles. The van der Waals surface area contributed by atoms with E-state index in [0.29, 0.717) is 5.56 Å². The molecular formula is C14H11ClO4S. The van der Waals surface area contributed by atoms with Crippen LogP contribution >= 0.6 is 10.7 Å². The molecule has 0 bridgehead atoms. The van der Waals surface area contributed by atoms with Crippen LogP contribution in [-0.2, 0) is 13.8 Å². The highest BCUT2D eigenvalue weighted by molar-refractivity contribution is 8.13. The fourth-order valence-corrected chi connectivity index (χ4v) is 2.88. The minimum absolute atomic E-state index is 0.0813. The average Bonchev–Trinajstić information content (AvgIpc) is 2.46. The Hall–Kier alpha value is -1.85. The normalized spacial score (nSPS) is 11.1. The number of carbonyl (C=O) groups is 1. The number of benzene rings is 2. The highest BCUT2D eigenvalue weighted by atomic mass is 35.7. The molecule has 0 saturated carbocycles. The molecule has 20 heavy (non-hydrogen) atoms. The predicted octanol–water partition coefficient (Wildman–Crippen LogP) is 3.07. The third kappa shape index (κ3) is 3.00. The van der Waals surface area contributed by atoms with E-state index in [-0.39, 0.29) is 10.5 Å². The van der Waals surface area contributed by atoms with Crippen molar-refractivity contribution < 1.29 is 17.9 Å². The molecule has 0 unspecified atom stereocenters. The first kappa shape index (κ1) is 14.6. The fraction of sp³-hybridized carbons (Fsp3) is 0.0714. The van der Waals surface area contributed by atoms with E-state index in [2.05, 4.69) is 4.74 Å². The van der Waals surface area contributed by atoms with Gasteiger partial charge in [0.15, 0.2) is 0 Å². The van der Waals surface area contributed by atoms with Gasteiger partial charge in [0.1, 0.15) is 0 Å². The number of esters is 1. The Morgan fingerprint density at radius 1 is 1.05 bits per heavy atom. The summed E-state index contributed by atoms with van der Waals surface area (Å²) in [7, 11) is 2.52. The molecule has 2 rings (SSSR count). The Morgan fingerprint density at radius 2 is 1.70 bits per heavy atom. The summed E-state index contributed by atoms with van der Waals surface area (Å²) < 4.78 is 27.8. The summed E-state index contributed by atoms with van der Waals surface area (Å²) in [6, 6.07) is 13.6. The molecule has 0 fully saturated rings. The molecule has 0 aliphatic rings. The number of halogens is 1. The van der Waals surface area contributed by atoms with Gasteiger partial charge in [0, 0.05) is 10.7 Å². The largest absolute Gasteiger partial charge is 0.465 e. The lowest BCUT2D eigenvalue weighted by Crippen LogP contribution is -2.07. The van der Waals surface area contributed by atoms with Gasteiger partial charge in [-0.25, -0.2) is 13.2 Å². The summed E-state index contributed by atoms with van der Waals surface area (Å²) >= 11 is 0. The first-order valence-electron chi connectivity index (χ1n) is 5.66. The molecule has 0 aliphatic heterocycles. The summed E-state index contributed by atoms with van der Waals surface area (Å²) in [5, 5.41) is 0. The van der Waals surface area contributed by atoms with Crippen LogP contribution in [0, 0.1) is 0 Å². The number of rotatable bonds is 3. The lowest BCUT2D eigenvalue weighted by Gasteiger charge is -2.08. The van der Waals surface area contributed by atoms with E-state index in [9.17, 15) is 13.2 Å². The van der Waals surface area contributed by atoms with E-state index in [1.807, 2.05) is 30.3 Å². The Labute approximate surface area is 121 Å². The van der Waals surface area contributed by atoms with Gasteiger partial charge in [0.2, 0.25) is 0 Å². The van der Waals surface area contributed by atoms with Gasteiger partial charge in [-0.2, -0.15) is 0 Å². The van der Waals surface area contributed by atoms with Gasteiger partial charge >= 0.3 is 5.97 Å². The van der Waals surface area contributed by atoms with Crippen molar-refractivity contribution in [2.45, 2.75) is 4.90 Å². The standard InChI is InChI=1S/C14H11ClO4S/c1-19-14(16)12-8-7-11(9-13(12)20(15,17)18)10-5-3-2-4-6-10/h2-9H,1H3. The van der Waals surface area contributed by atoms with Crippen molar-refractivity contribution in [2.24, 2.45) is 0 Å². The molecular weight excluding hydrogens is 300 g/mol. The molecule has 104 valence electrons. The van der Waals surface area contributed by atoms with E-state index >= 15 is 0 Å². The van der Waals surface area contributed by atoms with Crippen LogP contribution in [0.4, 0.5) is 0 Å². The SMILES string of the molecule is COC(=O)c1ccc(-c2ccccc2)cc1S(=O)(=O)Cl. The van der Waals surface area contributed by atoms with E-state index < -0.39 is 15.0 Å². The van der Waals surface area contributed by atoms with E-state index in [0.717, 1.165) is 5.56 Å². The minimum Gasteiger partial charge on any atom is -0.465 e. The topological polar surface area (TPSA) is 60.4 Å². The summed E-state index contributed by atoms with van der Waals surface area (Å²) in [5.41, 5.74) is 1.39. The maximum atomic E-state index is 11.6. The zero-order valence-electron chi connectivity index (χ0n) is 10.5. The second kappa shape index (κ2) is 5.64. The number of hydrogen-bond donors (Lipinski definition) is 0. The van der Waals surface area contributed by atoms with Crippen LogP contribution in [0.3, 0.4) is 0 Å². The third-order valence-electron chi connectivity index (χ3n) is 2.76. The molecule has 0 spiro atoms. The molecule has 0 saturated heterocycles. The molecule has 0 N–H and O–H groups in total. The minimum atomic E-state index is -4.05. The second-order valence-corrected chi connectivity index (χ2v) is 6.54. The van der Waals surface area contributed by atoms with Crippen LogP contribution in [-0.4, -0.2) is 21.5 Å². The quantitative estimate of drug-likeness (QED) is 0.645. The lowest BCUT2D eigenvalue weighted by atomic mass is 10.0. The van der Waals surface area contributed by atoms with Crippen molar-refractivity contribution in [2.75, 3.05) is 7.11 Å². The van der Waals surface area contributed by atoms with Crippen molar-refractivity contribution in [3.8, 4) is 11.1 Å². The highest BCUT2D eigenvalue weighted by Gasteiger charge is 2.21. The maximum absolute atomic E-state index is 11.6.